The van der Waals surface area contributed by atoms with E-state index < -0.39 is 35.0 Å². The van der Waals surface area contributed by atoms with Gasteiger partial charge in [0.1, 0.15) is 11.5 Å². The van der Waals surface area contributed by atoms with Crippen LogP contribution in [-0.4, -0.2) is 45.2 Å². The maximum atomic E-state index is 15.2. The average molecular weight is 644 g/mol. The molecule has 48 heavy (non-hydrogen) atoms. The molecule has 9 heteroatoms. The van der Waals surface area contributed by atoms with Gasteiger partial charge in [0.25, 0.3) is 11.8 Å². The van der Waals surface area contributed by atoms with Crippen molar-refractivity contribution in [1.82, 2.24) is 9.91 Å². The summed E-state index contributed by atoms with van der Waals surface area (Å²) in [5.74, 6) is -3.38. The molecule has 3 fully saturated rings. The number of nitrogens with zero attached hydrogens (tertiary/aromatic N) is 2. The van der Waals surface area contributed by atoms with E-state index in [-0.39, 0.29) is 35.8 Å². The first-order valence-electron chi connectivity index (χ1n) is 16.7. The van der Waals surface area contributed by atoms with Gasteiger partial charge in [0.2, 0.25) is 11.8 Å². The Kier molecular flexibility index (Phi) is 7.05. The van der Waals surface area contributed by atoms with Crippen LogP contribution in [0.5, 0.6) is 11.5 Å². The van der Waals surface area contributed by atoms with E-state index in [1.54, 1.807) is 24.5 Å². The van der Waals surface area contributed by atoms with Gasteiger partial charge in [0, 0.05) is 24.4 Å². The fourth-order valence-electron chi connectivity index (χ4n) is 9.07. The van der Waals surface area contributed by atoms with Crippen LogP contribution in [0.1, 0.15) is 42.9 Å². The molecule has 9 nitrogen and oxygen atoms in total. The van der Waals surface area contributed by atoms with Gasteiger partial charge in [0.15, 0.2) is 0 Å². The summed E-state index contributed by atoms with van der Waals surface area (Å²) < 4.78 is 6.17. The van der Waals surface area contributed by atoms with Crippen molar-refractivity contribution < 1.29 is 29.0 Å². The molecule has 8 rings (SSSR count). The number of hydrogen-bond acceptors (Lipinski definition) is 7. The quantitative estimate of drug-likeness (QED) is 0.271. The highest BCUT2D eigenvalue weighted by Gasteiger charge is 2.70. The van der Waals surface area contributed by atoms with Crippen molar-refractivity contribution in [1.29, 1.82) is 0 Å². The minimum absolute atomic E-state index is 0.0992. The lowest BCUT2D eigenvalue weighted by atomic mass is 9.48. The number of carbonyl (C=O) groups excluding carboxylic acids is 4. The number of imide groups is 2. The SMILES string of the molecule is CCCN1C(=O)C2CC=C3C(CC4C(=O)N(Nc5ccc(C)cc5)C(=O)C4(c4ccccc4)C3C3=COc4ccc(O)cc4C3)C2C1=O. The van der Waals surface area contributed by atoms with Crippen molar-refractivity contribution >= 4 is 29.3 Å². The number of phenols is 1. The molecule has 0 bridgehead atoms. The van der Waals surface area contributed by atoms with Crippen molar-refractivity contribution in [3.8, 4) is 11.5 Å². The molecule has 6 unspecified atom stereocenters. The number of rotatable bonds is 6. The Bertz CT molecular complexity index is 1920. The van der Waals surface area contributed by atoms with Gasteiger partial charge in [-0.05, 0) is 73.6 Å². The topological polar surface area (TPSA) is 116 Å². The van der Waals surface area contributed by atoms with Crippen molar-refractivity contribution in [3.05, 3.63) is 113 Å². The second kappa shape index (κ2) is 11.2. The molecule has 3 heterocycles. The first-order chi connectivity index (χ1) is 23.2. The normalized spacial score (nSPS) is 29.0. The largest absolute Gasteiger partial charge is 0.508 e. The zero-order valence-corrected chi connectivity index (χ0v) is 26.9. The smallest absolute Gasteiger partial charge is 0.260 e. The van der Waals surface area contributed by atoms with Crippen LogP contribution in [0.3, 0.4) is 0 Å². The Balaban J connectivity index is 1.32. The minimum atomic E-state index is -1.36. The molecule has 2 aliphatic carbocycles. The van der Waals surface area contributed by atoms with Crippen LogP contribution in [0.15, 0.2) is 96.3 Å². The predicted octanol–water partition coefficient (Wildman–Crippen LogP) is 5.45. The van der Waals surface area contributed by atoms with Crippen LogP contribution in [0, 0.1) is 36.5 Å². The summed E-state index contributed by atoms with van der Waals surface area (Å²) in [7, 11) is 0. The van der Waals surface area contributed by atoms with Crippen molar-refractivity contribution in [2.75, 3.05) is 12.0 Å². The third kappa shape index (κ3) is 4.29. The molecule has 3 aliphatic heterocycles. The third-order valence-electron chi connectivity index (χ3n) is 11.1. The summed E-state index contributed by atoms with van der Waals surface area (Å²) in [6.07, 6.45) is 5.40. The zero-order chi connectivity index (χ0) is 33.3. The van der Waals surface area contributed by atoms with E-state index in [1.165, 1.54) is 9.91 Å². The van der Waals surface area contributed by atoms with Crippen LogP contribution in [0.25, 0.3) is 0 Å². The average Bonchev–Trinajstić information content (AvgIpc) is 3.46. The van der Waals surface area contributed by atoms with Gasteiger partial charge in [-0.1, -0.05) is 66.6 Å². The van der Waals surface area contributed by atoms with E-state index in [1.807, 2.05) is 68.4 Å². The lowest BCUT2D eigenvalue weighted by molar-refractivity contribution is -0.141. The molecule has 2 saturated heterocycles. The molecule has 1 saturated carbocycles. The van der Waals surface area contributed by atoms with E-state index in [0.29, 0.717) is 42.8 Å². The number of phenolic OH excluding ortho intramolecular Hbond substituents is 1. The molecular weight excluding hydrogens is 606 g/mol. The molecule has 6 atom stereocenters. The van der Waals surface area contributed by atoms with E-state index in [2.05, 4.69) is 11.5 Å². The van der Waals surface area contributed by atoms with Gasteiger partial charge < -0.3 is 9.84 Å². The Morgan fingerprint density at radius 1 is 0.938 bits per heavy atom. The molecule has 0 spiro atoms. The predicted molar refractivity (Wildman–Crippen MR) is 177 cm³/mol. The van der Waals surface area contributed by atoms with Gasteiger partial charge in [-0.15, -0.1) is 0 Å². The number of allylic oxidation sites excluding steroid dienone is 3. The Morgan fingerprint density at radius 2 is 1.71 bits per heavy atom. The number of likely N-dealkylation sites (tertiary alicyclic amines) is 1. The fourth-order valence-corrected chi connectivity index (χ4v) is 9.07. The number of anilines is 1. The first kappa shape index (κ1) is 30.2. The summed E-state index contributed by atoms with van der Waals surface area (Å²) in [6.45, 7) is 4.27. The zero-order valence-electron chi connectivity index (χ0n) is 26.9. The molecule has 0 aromatic heterocycles. The number of aryl methyl sites for hydroxylation is 1. The lowest BCUT2D eigenvalue weighted by Crippen LogP contribution is -2.55. The summed E-state index contributed by atoms with van der Waals surface area (Å²) in [5, 5.41) is 11.5. The molecule has 3 aromatic rings. The summed E-state index contributed by atoms with van der Waals surface area (Å²) in [6, 6.07) is 21.9. The molecule has 4 amide bonds. The van der Waals surface area contributed by atoms with Gasteiger partial charge >= 0.3 is 0 Å². The number of hydrazine groups is 1. The summed E-state index contributed by atoms with van der Waals surface area (Å²) >= 11 is 0. The fraction of sp³-hybridized carbons (Fsp3) is 0.333. The van der Waals surface area contributed by atoms with Crippen LogP contribution in [0.2, 0.25) is 0 Å². The maximum Gasteiger partial charge on any atom is 0.260 e. The molecular formula is C39H37N3O6. The van der Waals surface area contributed by atoms with Crippen LogP contribution in [-0.2, 0) is 31.0 Å². The van der Waals surface area contributed by atoms with Gasteiger partial charge in [-0.25, -0.2) is 0 Å². The molecule has 0 radical (unpaired) electrons. The number of ether oxygens (including phenoxy) is 1. The van der Waals surface area contributed by atoms with Crippen LogP contribution < -0.4 is 10.2 Å². The molecule has 3 aromatic carbocycles. The van der Waals surface area contributed by atoms with E-state index >= 15 is 4.79 Å². The number of amides is 4. The Morgan fingerprint density at radius 3 is 2.46 bits per heavy atom. The maximum absolute atomic E-state index is 15.2. The Hall–Kier alpha value is -5.18. The molecule has 2 N–H and O–H groups in total. The second-order valence-electron chi connectivity index (χ2n) is 13.7. The summed E-state index contributed by atoms with van der Waals surface area (Å²) in [4.78, 5) is 58.9. The standard InChI is InChI=1S/C39H37N3O6/c1-3-17-41-35(44)29-15-14-28-30(33(29)37(41)46)20-31-36(45)42(40-26-11-9-22(2)10-12-26)38(47)39(31,25-7-5-4-6-8-25)34(28)24-18-23-19-27(43)13-16-32(23)48-21-24/h4-14,16,19,21,29-31,33-34,40,43H,3,15,17-18,20H2,1-2H3. The monoisotopic (exact) mass is 643 g/mol. The number of nitrogens with one attached hydrogen (secondary N) is 1. The van der Waals surface area contributed by atoms with Gasteiger partial charge in [-0.2, -0.15) is 5.01 Å². The number of benzene rings is 3. The number of carbonyl (C=O) groups is 4. The van der Waals surface area contributed by atoms with E-state index in [0.717, 1.165) is 22.3 Å². The summed E-state index contributed by atoms with van der Waals surface area (Å²) in [5.41, 5.74) is 6.56. The number of aromatic hydroxyl groups is 1. The minimum Gasteiger partial charge on any atom is -0.508 e. The second-order valence-corrected chi connectivity index (χ2v) is 13.7. The highest BCUT2D eigenvalue weighted by molar-refractivity contribution is 6.13. The van der Waals surface area contributed by atoms with Crippen LogP contribution >= 0.6 is 0 Å². The number of fused-ring (bicyclic) bond motifs is 5. The lowest BCUT2D eigenvalue weighted by Gasteiger charge is -2.51. The highest BCUT2D eigenvalue weighted by Crippen LogP contribution is 2.63. The third-order valence-corrected chi connectivity index (χ3v) is 11.1. The van der Waals surface area contributed by atoms with Crippen molar-refractivity contribution in [3.63, 3.8) is 0 Å². The Labute approximate surface area is 278 Å². The van der Waals surface area contributed by atoms with Gasteiger partial charge in [0.05, 0.1) is 35.1 Å². The van der Waals surface area contributed by atoms with Gasteiger partial charge in [-0.3, -0.25) is 29.5 Å². The highest BCUT2D eigenvalue weighted by atomic mass is 16.5. The van der Waals surface area contributed by atoms with E-state index in [9.17, 15) is 19.5 Å². The first-order valence-corrected chi connectivity index (χ1v) is 16.7. The van der Waals surface area contributed by atoms with Crippen molar-refractivity contribution in [2.24, 2.45) is 29.6 Å². The number of hydrogen-bond donors (Lipinski definition) is 2. The van der Waals surface area contributed by atoms with Crippen molar-refractivity contribution in [2.45, 2.75) is 44.9 Å². The van der Waals surface area contributed by atoms with E-state index in [4.69, 9.17) is 4.74 Å². The molecule has 244 valence electrons. The molecule has 5 aliphatic rings. The van der Waals surface area contributed by atoms with Crippen LogP contribution in [0.4, 0.5) is 5.69 Å².